The molecule has 33 heavy (non-hydrogen) atoms. The molecule has 0 bridgehead atoms. The van der Waals surface area contributed by atoms with E-state index in [4.69, 9.17) is 25.8 Å². The molecule has 0 unspecified atom stereocenters. The highest BCUT2D eigenvalue weighted by Gasteiger charge is 2.28. The van der Waals surface area contributed by atoms with Gasteiger partial charge in [0.05, 0.1) is 18.7 Å². The van der Waals surface area contributed by atoms with Gasteiger partial charge in [-0.25, -0.2) is 0 Å². The van der Waals surface area contributed by atoms with E-state index in [1.54, 1.807) is 29.2 Å². The second-order valence-corrected chi connectivity index (χ2v) is 6.96. The molecule has 0 aliphatic carbocycles. The van der Waals surface area contributed by atoms with Gasteiger partial charge in [0, 0.05) is 37.1 Å². The van der Waals surface area contributed by atoms with Gasteiger partial charge in [0.1, 0.15) is 11.8 Å². The number of amides is 1. The zero-order valence-electron chi connectivity index (χ0n) is 17.4. The Kier molecular flexibility index (Phi) is 10.5. The Hall–Kier alpha value is -3.48. The van der Waals surface area contributed by atoms with E-state index in [1.165, 1.54) is 0 Å². The van der Waals surface area contributed by atoms with Crippen LogP contribution in [0.3, 0.4) is 0 Å². The minimum absolute atomic E-state index is 0.0637. The normalized spacial score (nSPS) is 14.1. The topological polar surface area (TPSA) is 177 Å². The first-order valence-corrected chi connectivity index (χ1v) is 9.66. The van der Waals surface area contributed by atoms with Crippen LogP contribution >= 0.6 is 0 Å². The average Bonchev–Trinajstić information content (AvgIpc) is 2.76. The smallest absolute Gasteiger partial charge is 0.430 e. The van der Waals surface area contributed by atoms with Crippen molar-refractivity contribution < 1.29 is 47.3 Å². The lowest BCUT2D eigenvalue weighted by atomic mass is 10.0. The van der Waals surface area contributed by atoms with Crippen LogP contribution in [0.2, 0.25) is 0 Å². The van der Waals surface area contributed by atoms with Gasteiger partial charge in [0.25, 0.3) is 0 Å². The highest BCUT2D eigenvalue weighted by atomic mass is 19.4. The summed E-state index contributed by atoms with van der Waals surface area (Å²) < 4.78 is 36.7. The van der Waals surface area contributed by atoms with Crippen molar-refractivity contribution in [1.29, 1.82) is 5.41 Å². The number of aliphatic carboxylic acids is 2. The van der Waals surface area contributed by atoms with Crippen LogP contribution < -0.4 is 15.9 Å². The van der Waals surface area contributed by atoms with E-state index in [2.05, 4.69) is 0 Å². The maximum Gasteiger partial charge on any atom is 0.430 e. The second kappa shape index (κ2) is 12.5. The van der Waals surface area contributed by atoms with Crippen LogP contribution in [-0.2, 0) is 19.1 Å². The number of nitrogens with two attached hydrogens (primary N) is 1. The Bertz CT molecular complexity index is 865. The molecule has 1 aliphatic rings. The molecule has 1 fully saturated rings. The van der Waals surface area contributed by atoms with Crippen molar-refractivity contribution in [2.75, 3.05) is 19.7 Å². The van der Waals surface area contributed by atoms with Crippen LogP contribution in [0.5, 0.6) is 0 Å². The van der Waals surface area contributed by atoms with Gasteiger partial charge in [-0.05, 0) is 12.8 Å². The van der Waals surface area contributed by atoms with E-state index in [-0.39, 0.29) is 36.5 Å². The Morgan fingerprint density at radius 3 is 1.94 bits per heavy atom. The standard InChI is InChI=1S/C18H23N3O5.C2HF3O2/c19-18(20)13-3-1-12(2-4-13)15(22)5-6-16(23)21-9-7-14(8-10-21)26-11-17(24)25;3-2(4,5)1(6)7/h1-4,14H,5-11H2,(H3,19,20)(H,24,25);(H,6,7)/p-2. The number of hydrogen-bond donors (Lipinski definition) is 2. The summed E-state index contributed by atoms with van der Waals surface area (Å²) in [6, 6.07) is 6.41. The number of ether oxygens (including phenoxy) is 1. The molecule has 1 aliphatic heterocycles. The molecule has 3 N–H and O–H groups in total. The summed E-state index contributed by atoms with van der Waals surface area (Å²) in [7, 11) is 0. The Morgan fingerprint density at radius 2 is 1.52 bits per heavy atom. The number of nitrogen functional groups attached to an aromatic ring is 1. The minimum Gasteiger partial charge on any atom is -0.548 e. The van der Waals surface area contributed by atoms with E-state index in [0.717, 1.165) is 0 Å². The monoisotopic (exact) mass is 473 g/mol. The fourth-order valence-electron chi connectivity index (χ4n) is 2.82. The molecule has 1 aromatic carbocycles. The van der Waals surface area contributed by atoms with E-state index in [9.17, 15) is 32.7 Å². The molecule has 0 saturated carbocycles. The molecular weight excluding hydrogens is 451 g/mol. The summed E-state index contributed by atoms with van der Waals surface area (Å²) in [5.74, 6) is -4.56. The van der Waals surface area contributed by atoms with Gasteiger partial charge < -0.3 is 35.2 Å². The van der Waals surface area contributed by atoms with Crippen LogP contribution in [0.1, 0.15) is 41.6 Å². The minimum atomic E-state index is -5.19. The molecule has 0 spiro atoms. The number of piperidine rings is 1. The number of amidine groups is 1. The van der Waals surface area contributed by atoms with Gasteiger partial charge in [-0.15, -0.1) is 0 Å². The van der Waals surface area contributed by atoms with E-state index in [0.29, 0.717) is 37.1 Å². The molecule has 0 atom stereocenters. The van der Waals surface area contributed by atoms with E-state index in [1.807, 2.05) is 0 Å². The largest absolute Gasteiger partial charge is 0.548 e. The van der Waals surface area contributed by atoms with Gasteiger partial charge >= 0.3 is 6.18 Å². The summed E-state index contributed by atoms with van der Waals surface area (Å²) in [5, 5.41) is 26.5. The Morgan fingerprint density at radius 1 is 1.03 bits per heavy atom. The molecule has 1 heterocycles. The van der Waals surface area contributed by atoms with Crippen molar-refractivity contribution >= 4 is 29.5 Å². The molecule has 0 radical (unpaired) electrons. The summed E-state index contributed by atoms with van der Waals surface area (Å²) in [6.07, 6.45) is -4.01. The Labute approximate surface area is 186 Å². The number of carbonyl (C=O) groups is 4. The van der Waals surface area contributed by atoms with Crippen molar-refractivity contribution in [1.82, 2.24) is 4.90 Å². The first kappa shape index (κ1) is 27.6. The maximum absolute atomic E-state index is 12.2. The van der Waals surface area contributed by atoms with E-state index < -0.39 is 24.7 Å². The number of nitrogens with one attached hydrogen (secondary N) is 1. The number of likely N-dealkylation sites (tertiary alicyclic amines) is 1. The lowest BCUT2D eigenvalue weighted by Crippen LogP contribution is -2.42. The molecule has 1 aromatic rings. The van der Waals surface area contributed by atoms with Crippen molar-refractivity contribution in [3.8, 4) is 0 Å². The fraction of sp³-hybridized carbons (Fsp3) is 0.450. The molecule has 0 aromatic heterocycles. The van der Waals surface area contributed by atoms with Gasteiger partial charge in [-0.3, -0.25) is 15.0 Å². The number of halogens is 3. The number of rotatable bonds is 8. The lowest BCUT2D eigenvalue weighted by Gasteiger charge is -2.32. The number of carbonyl (C=O) groups excluding carboxylic acids is 4. The zero-order chi connectivity index (χ0) is 25.2. The molecule has 182 valence electrons. The number of ketones is 1. The first-order valence-electron chi connectivity index (χ1n) is 9.66. The summed E-state index contributed by atoms with van der Waals surface area (Å²) >= 11 is 0. The predicted molar refractivity (Wildman–Crippen MR) is 103 cm³/mol. The van der Waals surface area contributed by atoms with Crippen LogP contribution in [0.15, 0.2) is 24.3 Å². The molecule has 1 saturated heterocycles. The number of hydrogen-bond acceptors (Lipinski definition) is 8. The number of alkyl halides is 3. The molecule has 10 nitrogen and oxygen atoms in total. The molecule has 2 rings (SSSR count). The molecular formula is C20H22F3N3O7-2. The summed E-state index contributed by atoms with van der Waals surface area (Å²) in [5.41, 5.74) is 6.40. The fourth-order valence-corrected chi connectivity index (χ4v) is 2.82. The number of carboxylic acid groups (broad SMARTS) is 2. The number of carboxylic acids is 2. The summed E-state index contributed by atoms with van der Waals surface area (Å²) in [6.45, 7) is 0.533. The average molecular weight is 473 g/mol. The molecule has 1 amide bonds. The summed E-state index contributed by atoms with van der Waals surface area (Å²) in [4.78, 5) is 45.3. The number of Topliss-reactive ketones (excluding diaryl/α,β-unsaturated/α-hetero) is 1. The second-order valence-electron chi connectivity index (χ2n) is 6.96. The van der Waals surface area contributed by atoms with Gasteiger partial charge in [0.15, 0.2) is 5.78 Å². The zero-order valence-corrected chi connectivity index (χ0v) is 17.4. The van der Waals surface area contributed by atoms with Crippen molar-refractivity contribution in [2.24, 2.45) is 5.73 Å². The number of benzene rings is 1. The van der Waals surface area contributed by atoms with Crippen LogP contribution in [0.25, 0.3) is 0 Å². The first-order chi connectivity index (χ1) is 15.3. The maximum atomic E-state index is 12.2. The van der Waals surface area contributed by atoms with Crippen molar-refractivity contribution in [3.63, 3.8) is 0 Å². The van der Waals surface area contributed by atoms with Crippen LogP contribution in [0.4, 0.5) is 13.2 Å². The quantitative estimate of drug-likeness (QED) is 0.274. The highest BCUT2D eigenvalue weighted by molar-refractivity contribution is 6.00. The number of nitrogens with zero attached hydrogens (tertiary/aromatic N) is 1. The third kappa shape index (κ3) is 10.1. The predicted octanol–water partition coefficient (Wildman–Crippen LogP) is -1.01. The lowest BCUT2D eigenvalue weighted by molar-refractivity contribution is -0.344. The Balaban J connectivity index is 0.000000675. The van der Waals surface area contributed by atoms with Crippen LogP contribution in [-0.4, -0.2) is 66.3 Å². The molecule has 13 heteroatoms. The van der Waals surface area contributed by atoms with Gasteiger partial charge in [-0.2, -0.15) is 13.2 Å². The van der Waals surface area contributed by atoms with Crippen molar-refractivity contribution in [2.45, 2.75) is 38.0 Å². The third-order valence-corrected chi connectivity index (χ3v) is 4.55. The SMILES string of the molecule is N=C(N)c1ccc(C(=O)CCC(=O)N2CCC(OCC(=O)[O-])CC2)cc1.O=C([O-])C(F)(F)F. The van der Waals surface area contributed by atoms with Crippen molar-refractivity contribution in [3.05, 3.63) is 35.4 Å². The van der Waals surface area contributed by atoms with E-state index >= 15 is 0 Å². The third-order valence-electron chi connectivity index (χ3n) is 4.55. The van der Waals surface area contributed by atoms with Crippen LogP contribution in [0, 0.1) is 5.41 Å². The van der Waals surface area contributed by atoms with Gasteiger partial charge in [-0.1, -0.05) is 24.3 Å². The highest BCUT2D eigenvalue weighted by Crippen LogP contribution is 2.16. The van der Waals surface area contributed by atoms with Gasteiger partial charge in [0.2, 0.25) is 5.91 Å².